The van der Waals surface area contributed by atoms with E-state index >= 15 is 0 Å². The van der Waals surface area contributed by atoms with Crippen molar-refractivity contribution in [3.8, 4) is 0 Å². The number of benzene rings is 2. The van der Waals surface area contributed by atoms with Gasteiger partial charge in [0.2, 0.25) is 0 Å². The van der Waals surface area contributed by atoms with Crippen LogP contribution in [0.25, 0.3) is 0 Å². The fourth-order valence-corrected chi connectivity index (χ4v) is 2.21. The maximum Gasteiger partial charge on any atom is 0.150 e. The molecule has 0 aliphatic heterocycles. The Labute approximate surface area is 108 Å². The Morgan fingerprint density at radius 3 is 1.78 bits per heavy atom. The van der Waals surface area contributed by atoms with Gasteiger partial charge in [0.1, 0.15) is 6.29 Å². The average molecular weight is 238 g/mol. The third-order valence-corrected chi connectivity index (χ3v) is 3.67. The summed E-state index contributed by atoms with van der Waals surface area (Å²) in [5.74, 6) is 0.904. The van der Waals surface area contributed by atoms with E-state index in [1.54, 1.807) is 0 Å². The van der Waals surface area contributed by atoms with Crippen LogP contribution in [-0.4, -0.2) is 6.29 Å². The molecule has 0 spiro atoms. The van der Waals surface area contributed by atoms with Gasteiger partial charge in [-0.3, -0.25) is 4.79 Å². The topological polar surface area (TPSA) is 17.1 Å². The third kappa shape index (κ3) is 2.67. The molecule has 0 heterocycles. The highest BCUT2D eigenvalue weighted by Crippen LogP contribution is 2.31. The molecule has 2 aromatic rings. The van der Waals surface area contributed by atoms with Crippen molar-refractivity contribution >= 4 is 6.29 Å². The fourth-order valence-electron chi connectivity index (χ4n) is 2.21. The van der Waals surface area contributed by atoms with Gasteiger partial charge in [0.05, 0.1) is 0 Å². The quantitative estimate of drug-likeness (QED) is 0.721. The number of carbonyl (C=O) groups is 1. The van der Waals surface area contributed by atoms with Gasteiger partial charge in [-0.15, -0.1) is 0 Å². The van der Waals surface area contributed by atoms with E-state index in [0.717, 1.165) is 11.8 Å². The molecule has 2 atom stereocenters. The van der Waals surface area contributed by atoms with Gasteiger partial charge in [-0.25, -0.2) is 0 Å². The van der Waals surface area contributed by atoms with E-state index < -0.39 is 0 Å². The van der Waals surface area contributed by atoms with Crippen molar-refractivity contribution in [3.05, 3.63) is 71.3 Å². The summed E-state index contributed by atoms with van der Waals surface area (Å²) in [4.78, 5) is 10.6. The van der Waals surface area contributed by atoms with Crippen LogP contribution in [-0.2, 0) is 0 Å². The SMILES string of the molecule is CC(c1ccccc1)C(C)c1ccc(C=O)cc1. The maximum absolute atomic E-state index is 10.6. The van der Waals surface area contributed by atoms with Gasteiger partial charge < -0.3 is 0 Å². The molecule has 0 saturated heterocycles. The first-order valence-corrected chi connectivity index (χ1v) is 6.32. The molecule has 92 valence electrons. The zero-order chi connectivity index (χ0) is 13.0. The Morgan fingerprint density at radius 1 is 0.778 bits per heavy atom. The van der Waals surface area contributed by atoms with Crippen molar-refractivity contribution in [2.24, 2.45) is 0 Å². The molecule has 2 aromatic carbocycles. The van der Waals surface area contributed by atoms with Crippen molar-refractivity contribution in [1.82, 2.24) is 0 Å². The van der Waals surface area contributed by atoms with Gasteiger partial charge in [0.15, 0.2) is 0 Å². The van der Waals surface area contributed by atoms with E-state index in [1.165, 1.54) is 11.1 Å². The molecule has 0 aliphatic carbocycles. The van der Waals surface area contributed by atoms with Crippen LogP contribution in [0.4, 0.5) is 0 Å². The van der Waals surface area contributed by atoms with Crippen LogP contribution in [0.3, 0.4) is 0 Å². The summed E-state index contributed by atoms with van der Waals surface area (Å²) in [6, 6.07) is 18.4. The number of rotatable bonds is 4. The van der Waals surface area contributed by atoms with Crippen molar-refractivity contribution < 1.29 is 4.79 Å². The second-order valence-electron chi connectivity index (χ2n) is 4.77. The van der Waals surface area contributed by atoms with E-state index in [9.17, 15) is 4.79 Å². The lowest BCUT2D eigenvalue weighted by atomic mass is 9.84. The molecular weight excluding hydrogens is 220 g/mol. The first-order valence-electron chi connectivity index (χ1n) is 6.32. The summed E-state index contributed by atoms with van der Waals surface area (Å²) in [6.07, 6.45) is 0.884. The Hall–Kier alpha value is -1.89. The molecule has 2 rings (SSSR count). The molecule has 0 aliphatic rings. The maximum atomic E-state index is 10.6. The Kier molecular flexibility index (Phi) is 3.93. The second kappa shape index (κ2) is 5.63. The lowest BCUT2D eigenvalue weighted by Gasteiger charge is -2.21. The van der Waals surface area contributed by atoms with Crippen LogP contribution in [0, 0.1) is 0 Å². The van der Waals surface area contributed by atoms with E-state index in [0.29, 0.717) is 11.8 Å². The molecule has 0 amide bonds. The normalized spacial score (nSPS) is 13.9. The largest absolute Gasteiger partial charge is 0.298 e. The van der Waals surface area contributed by atoms with Gasteiger partial charge in [-0.1, -0.05) is 68.4 Å². The van der Waals surface area contributed by atoms with E-state index in [1.807, 2.05) is 30.3 Å². The average Bonchev–Trinajstić information content (AvgIpc) is 2.47. The minimum Gasteiger partial charge on any atom is -0.298 e. The lowest BCUT2D eigenvalue weighted by Crippen LogP contribution is -2.04. The van der Waals surface area contributed by atoms with Crippen LogP contribution in [0.5, 0.6) is 0 Å². The minimum atomic E-state index is 0.438. The van der Waals surface area contributed by atoms with E-state index in [4.69, 9.17) is 0 Å². The predicted octanol–water partition coefficient (Wildman–Crippen LogP) is 4.41. The third-order valence-electron chi connectivity index (χ3n) is 3.67. The number of hydrogen-bond donors (Lipinski definition) is 0. The Bertz CT molecular complexity index is 499. The van der Waals surface area contributed by atoms with Crippen LogP contribution in [0.15, 0.2) is 54.6 Å². The number of hydrogen-bond acceptors (Lipinski definition) is 1. The highest BCUT2D eigenvalue weighted by Gasteiger charge is 2.15. The summed E-state index contributed by atoms with van der Waals surface area (Å²) < 4.78 is 0. The van der Waals surface area contributed by atoms with Gasteiger partial charge in [-0.2, -0.15) is 0 Å². The van der Waals surface area contributed by atoms with E-state index in [-0.39, 0.29) is 0 Å². The van der Waals surface area contributed by atoms with Gasteiger partial charge in [-0.05, 0) is 23.0 Å². The molecule has 2 unspecified atom stereocenters. The van der Waals surface area contributed by atoms with Crippen molar-refractivity contribution in [3.63, 3.8) is 0 Å². The molecule has 1 nitrogen and oxygen atoms in total. The lowest BCUT2D eigenvalue weighted by molar-refractivity contribution is 0.112. The van der Waals surface area contributed by atoms with Crippen molar-refractivity contribution in [2.75, 3.05) is 0 Å². The smallest absolute Gasteiger partial charge is 0.150 e. The summed E-state index contributed by atoms with van der Waals surface area (Å²) in [5.41, 5.74) is 3.36. The van der Waals surface area contributed by atoms with Gasteiger partial charge in [0.25, 0.3) is 0 Å². The predicted molar refractivity (Wildman–Crippen MR) is 75.1 cm³/mol. The molecular formula is C17H18O. The Balaban J connectivity index is 2.19. The van der Waals surface area contributed by atoms with Crippen molar-refractivity contribution in [2.45, 2.75) is 25.7 Å². The number of carbonyl (C=O) groups excluding carboxylic acids is 1. The highest BCUT2D eigenvalue weighted by molar-refractivity contribution is 5.74. The first kappa shape index (κ1) is 12.6. The highest BCUT2D eigenvalue weighted by atomic mass is 16.1. The van der Waals surface area contributed by atoms with Gasteiger partial charge >= 0.3 is 0 Å². The zero-order valence-electron chi connectivity index (χ0n) is 10.8. The van der Waals surface area contributed by atoms with Gasteiger partial charge in [0, 0.05) is 5.56 Å². The first-order chi connectivity index (χ1) is 8.72. The molecule has 1 heteroatoms. The molecule has 0 saturated carbocycles. The van der Waals surface area contributed by atoms with Crippen LogP contribution >= 0.6 is 0 Å². The summed E-state index contributed by atoms with van der Waals surface area (Å²) >= 11 is 0. The molecule has 0 radical (unpaired) electrons. The van der Waals surface area contributed by atoms with Crippen molar-refractivity contribution in [1.29, 1.82) is 0 Å². The molecule has 0 N–H and O–H groups in total. The number of aldehydes is 1. The monoisotopic (exact) mass is 238 g/mol. The summed E-state index contributed by atoms with van der Waals surface area (Å²) in [6.45, 7) is 4.47. The fraction of sp³-hybridized carbons (Fsp3) is 0.235. The molecule has 18 heavy (non-hydrogen) atoms. The summed E-state index contributed by atoms with van der Waals surface area (Å²) in [7, 11) is 0. The van der Waals surface area contributed by atoms with Crippen LogP contribution < -0.4 is 0 Å². The summed E-state index contributed by atoms with van der Waals surface area (Å²) in [5, 5.41) is 0. The van der Waals surface area contributed by atoms with Crippen LogP contribution in [0.2, 0.25) is 0 Å². The standard InChI is InChI=1S/C17H18O/c1-13(16-6-4-3-5-7-16)14(2)17-10-8-15(12-18)9-11-17/h3-14H,1-2H3. The zero-order valence-corrected chi connectivity index (χ0v) is 10.8. The van der Waals surface area contributed by atoms with E-state index in [2.05, 4.69) is 38.1 Å². The Morgan fingerprint density at radius 2 is 1.28 bits per heavy atom. The minimum absolute atomic E-state index is 0.438. The molecule has 0 fully saturated rings. The molecule has 0 bridgehead atoms. The van der Waals surface area contributed by atoms with Crippen LogP contribution in [0.1, 0.15) is 47.2 Å². The molecule has 0 aromatic heterocycles. The second-order valence-corrected chi connectivity index (χ2v) is 4.77.